The van der Waals surface area contributed by atoms with Gasteiger partial charge in [0.25, 0.3) is 0 Å². The Morgan fingerprint density at radius 1 is 1.17 bits per heavy atom. The molecule has 0 spiro atoms. The van der Waals surface area contributed by atoms with E-state index in [9.17, 15) is 9.59 Å². The van der Waals surface area contributed by atoms with E-state index in [2.05, 4.69) is 15.6 Å². The quantitative estimate of drug-likeness (QED) is 0.804. The van der Waals surface area contributed by atoms with Crippen molar-refractivity contribution < 1.29 is 14.7 Å². The van der Waals surface area contributed by atoms with Crippen LogP contribution in [0.1, 0.15) is 23.2 Å². The van der Waals surface area contributed by atoms with Crippen LogP contribution < -0.4 is 10.6 Å². The van der Waals surface area contributed by atoms with Crippen molar-refractivity contribution in [2.24, 2.45) is 0 Å². The molecule has 1 fully saturated rings. The first kappa shape index (κ1) is 15.2. The summed E-state index contributed by atoms with van der Waals surface area (Å²) < 4.78 is 0. The van der Waals surface area contributed by atoms with Crippen molar-refractivity contribution in [3.05, 3.63) is 48.2 Å². The summed E-state index contributed by atoms with van der Waals surface area (Å²) in [5.74, 6) is -0.994. The van der Waals surface area contributed by atoms with Gasteiger partial charge in [-0.25, -0.2) is 4.79 Å². The molecule has 2 aromatic rings. The zero-order valence-corrected chi connectivity index (χ0v) is 12.5. The van der Waals surface area contributed by atoms with Crippen molar-refractivity contribution in [1.29, 1.82) is 0 Å². The number of rotatable bonds is 4. The lowest BCUT2D eigenvalue weighted by atomic mass is 10.1. The zero-order valence-electron chi connectivity index (χ0n) is 12.5. The number of aromatic nitrogens is 1. The average Bonchev–Trinajstić information content (AvgIpc) is 3.10. The topological polar surface area (TPSA) is 91.3 Å². The van der Waals surface area contributed by atoms with Gasteiger partial charge in [0.2, 0.25) is 5.91 Å². The summed E-state index contributed by atoms with van der Waals surface area (Å²) in [5.41, 5.74) is 2.43. The maximum atomic E-state index is 12.0. The van der Waals surface area contributed by atoms with Gasteiger partial charge < -0.3 is 15.7 Å². The second kappa shape index (κ2) is 6.58. The van der Waals surface area contributed by atoms with E-state index in [1.54, 1.807) is 42.6 Å². The molecule has 1 atom stereocenters. The van der Waals surface area contributed by atoms with Gasteiger partial charge in [0.15, 0.2) is 0 Å². The third-order valence-electron chi connectivity index (χ3n) is 3.84. The van der Waals surface area contributed by atoms with Gasteiger partial charge >= 0.3 is 5.97 Å². The molecule has 1 aliphatic rings. The number of carboxylic acid groups (broad SMARTS) is 1. The van der Waals surface area contributed by atoms with Crippen molar-refractivity contribution in [3.8, 4) is 11.3 Å². The normalized spacial score (nSPS) is 17.0. The van der Waals surface area contributed by atoms with Crippen molar-refractivity contribution in [1.82, 2.24) is 10.3 Å². The molecule has 1 aromatic carbocycles. The highest BCUT2D eigenvalue weighted by Crippen LogP contribution is 2.19. The molecule has 1 saturated heterocycles. The number of nitrogens with zero attached hydrogens (tertiary/aromatic N) is 1. The Morgan fingerprint density at radius 3 is 2.52 bits per heavy atom. The van der Waals surface area contributed by atoms with Gasteiger partial charge in [0.1, 0.15) is 0 Å². The second-order valence-electron chi connectivity index (χ2n) is 5.45. The van der Waals surface area contributed by atoms with Crippen LogP contribution in [0.25, 0.3) is 11.3 Å². The number of carbonyl (C=O) groups excluding carboxylic acids is 1. The SMILES string of the molecule is O=C(O)c1ccc(-c2ccc(NC(=O)[C@H]3CCCN3)cn2)cc1. The maximum absolute atomic E-state index is 12.0. The molecule has 2 heterocycles. The third-order valence-corrected chi connectivity index (χ3v) is 3.84. The Hall–Kier alpha value is -2.73. The van der Waals surface area contributed by atoms with Crippen molar-refractivity contribution in [2.75, 3.05) is 11.9 Å². The minimum Gasteiger partial charge on any atom is -0.478 e. The number of aromatic carboxylic acids is 1. The highest BCUT2D eigenvalue weighted by atomic mass is 16.4. The minimum absolute atomic E-state index is 0.0390. The fourth-order valence-corrected chi connectivity index (χ4v) is 2.56. The van der Waals surface area contributed by atoms with E-state index in [0.29, 0.717) is 5.69 Å². The van der Waals surface area contributed by atoms with Crippen LogP contribution >= 0.6 is 0 Å². The van der Waals surface area contributed by atoms with E-state index in [4.69, 9.17) is 5.11 Å². The Bertz CT molecular complexity index is 705. The molecule has 6 heteroatoms. The predicted octanol–water partition coefficient (Wildman–Crippen LogP) is 2.14. The fourth-order valence-electron chi connectivity index (χ4n) is 2.56. The van der Waals surface area contributed by atoms with Crippen molar-refractivity contribution >= 4 is 17.6 Å². The van der Waals surface area contributed by atoms with E-state index in [1.807, 2.05) is 0 Å². The van der Waals surface area contributed by atoms with E-state index in [1.165, 1.54) is 0 Å². The molecule has 0 unspecified atom stereocenters. The Balaban J connectivity index is 1.68. The van der Waals surface area contributed by atoms with Crippen LogP contribution in [0.15, 0.2) is 42.6 Å². The number of pyridine rings is 1. The molecule has 23 heavy (non-hydrogen) atoms. The summed E-state index contributed by atoms with van der Waals surface area (Å²) in [6, 6.07) is 9.98. The number of hydrogen-bond acceptors (Lipinski definition) is 4. The molecule has 1 aromatic heterocycles. The van der Waals surface area contributed by atoms with Gasteiger partial charge in [-0.15, -0.1) is 0 Å². The molecule has 0 radical (unpaired) electrons. The lowest BCUT2D eigenvalue weighted by molar-refractivity contribution is -0.117. The largest absolute Gasteiger partial charge is 0.478 e. The molecule has 3 N–H and O–H groups in total. The molecule has 0 bridgehead atoms. The van der Waals surface area contributed by atoms with Gasteiger partial charge in [0.05, 0.1) is 29.2 Å². The van der Waals surface area contributed by atoms with Crippen LogP contribution in [0.2, 0.25) is 0 Å². The lowest BCUT2D eigenvalue weighted by Gasteiger charge is -2.11. The van der Waals surface area contributed by atoms with Crippen LogP contribution in [-0.4, -0.2) is 34.6 Å². The average molecular weight is 311 g/mol. The highest BCUT2D eigenvalue weighted by Gasteiger charge is 2.21. The zero-order chi connectivity index (χ0) is 16.2. The smallest absolute Gasteiger partial charge is 0.335 e. The van der Waals surface area contributed by atoms with E-state index in [-0.39, 0.29) is 17.5 Å². The standard InChI is InChI=1S/C17H17N3O3/c21-16(15-2-1-9-18-15)20-13-7-8-14(19-10-13)11-3-5-12(6-4-11)17(22)23/h3-8,10,15,18H,1-2,9H2,(H,20,21)(H,22,23)/t15-/m1/s1. The minimum atomic E-state index is -0.955. The number of nitrogens with one attached hydrogen (secondary N) is 2. The van der Waals surface area contributed by atoms with Crippen LogP contribution in [0.3, 0.4) is 0 Å². The first-order chi connectivity index (χ1) is 11.1. The molecular weight excluding hydrogens is 294 g/mol. The summed E-state index contributed by atoms with van der Waals surface area (Å²) in [5, 5.41) is 14.9. The number of benzene rings is 1. The fraction of sp³-hybridized carbons (Fsp3) is 0.235. The molecule has 1 amide bonds. The van der Waals surface area contributed by atoms with Gasteiger partial charge in [-0.2, -0.15) is 0 Å². The molecule has 3 rings (SSSR count). The molecule has 118 valence electrons. The summed E-state index contributed by atoms with van der Waals surface area (Å²) in [6.45, 7) is 0.877. The molecular formula is C17H17N3O3. The third kappa shape index (κ3) is 3.54. The maximum Gasteiger partial charge on any atom is 0.335 e. The van der Waals surface area contributed by atoms with E-state index < -0.39 is 5.97 Å². The van der Waals surface area contributed by atoms with Crippen LogP contribution in [0.5, 0.6) is 0 Å². The van der Waals surface area contributed by atoms with Crippen LogP contribution in [0, 0.1) is 0 Å². The number of anilines is 1. The Morgan fingerprint density at radius 2 is 1.96 bits per heavy atom. The van der Waals surface area contributed by atoms with Crippen molar-refractivity contribution in [3.63, 3.8) is 0 Å². The highest BCUT2D eigenvalue weighted by molar-refractivity contribution is 5.95. The summed E-state index contributed by atoms with van der Waals surface area (Å²) in [7, 11) is 0. The number of amides is 1. The van der Waals surface area contributed by atoms with Crippen molar-refractivity contribution in [2.45, 2.75) is 18.9 Å². The first-order valence-corrected chi connectivity index (χ1v) is 7.47. The molecule has 6 nitrogen and oxygen atoms in total. The van der Waals surface area contributed by atoms with Crippen LogP contribution in [-0.2, 0) is 4.79 Å². The Labute approximate surface area is 133 Å². The summed E-state index contributed by atoms with van der Waals surface area (Å²) >= 11 is 0. The van der Waals surface area contributed by atoms with Gasteiger partial charge in [-0.3, -0.25) is 9.78 Å². The summed E-state index contributed by atoms with van der Waals surface area (Å²) in [6.07, 6.45) is 3.47. The molecule has 0 aliphatic carbocycles. The van der Waals surface area contributed by atoms with E-state index in [0.717, 1.165) is 30.6 Å². The van der Waals surface area contributed by atoms with Gasteiger partial charge in [-0.05, 0) is 43.7 Å². The Kier molecular flexibility index (Phi) is 4.34. The molecule has 0 saturated carbocycles. The monoisotopic (exact) mass is 311 g/mol. The van der Waals surface area contributed by atoms with E-state index >= 15 is 0 Å². The predicted molar refractivity (Wildman–Crippen MR) is 86.3 cm³/mol. The van der Waals surface area contributed by atoms with Gasteiger partial charge in [-0.1, -0.05) is 12.1 Å². The first-order valence-electron chi connectivity index (χ1n) is 7.47. The number of carbonyl (C=O) groups is 2. The summed E-state index contributed by atoms with van der Waals surface area (Å²) in [4.78, 5) is 27.2. The second-order valence-corrected chi connectivity index (χ2v) is 5.45. The van der Waals surface area contributed by atoms with Gasteiger partial charge in [0, 0.05) is 5.56 Å². The molecule has 1 aliphatic heterocycles. The number of carboxylic acids is 1. The number of hydrogen-bond donors (Lipinski definition) is 3. The lowest BCUT2D eigenvalue weighted by Crippen LogP contribution is -2.35. The van der Waals surface area contributed by atoms with Crippen LogP contribution in [0.4, 0.5) is 5.69 Å².